The molecule has 7 heteroatoms. The number of carbonyl (C=O) groups is 2. The lowest BCUT2D eigenvalue weighted by Gasteiger charge is -2.19. The molecule has 3 N–H and O–H groups in total. The Bertz CT molecular complexity index is 1420. The molecule has 0 fully saturated rings. The molecule has 4 rings (SSSR count). The highest BCUT2D eigenvalue weighted by molar-refractivity contribution is 6.09. The van der Waals surface area contributed by atoms with Crippen molar-refractivity contribution in [3.05, 3.63) is 94.6 Å². The van der Waals surface area contributed by atoms with Crippen molar-refractivity contribution < 1.29 is 19.1 Å². The highest BCUT2D eigenvalue weighted by Crippen LogP contribution is 2.24. The standard InChI is InChI=1S/C29H31N3O4/c1-18(35-17-20-9-7-6-8-10-20)13-21-15-25(30-19(21)2)27(33)26-16-22-14-23(11-12-24(22)32-26)31-28(34)36-29(3,4)5/h6-16,30,32H,17H2,1-5H3,(H,31,34)/b18-13+. The van der Waals surface area contributed by atoms with E-state index in [2.05, 4.69) is 15.3 Å². The third-order valence-corrected chi connectivity index (χ3v) is 5.48. The Kier molecular flexibility index (Phi) is 7.01. The van der Waals surface area contributed by atoms with Crippen molar-refractivity contribution in [3.8, 4) is 0 Å². The van der Waals surface area contributed by atoms with Crippen LogP contribution in [0.25, 0.3) is 17.0 Å². The monoisotopic (exact) mass is 485 g/mol. The number of aromatic nitrogens is 2. The molecular weight excluding hydrogens is 454 g/mol. The van der Waals surface area contributed by atoms with Gasteiger partial charge in [-0.2, -0.15) is 0 Å². The van der Waals surface area contributed by atoms with Gasteiger partial charge >= 0.3 is 6.09 Å². The van der Waals surface area contributed by atoms with Gasteiger partial charge in [0.05, 0.1) is 17.1 Å². The van der Waals surface area contributed by atoms with Crippen LogP contribution in [0.15, 0.2) is 66.4 Å². The summed E-state index contributed by atoms with van der Waals surface area (Å²) in [5.41, 5.74) is 4.59. The van der Waals surface area contributed by atoms with E-state index in [1.54, 1.807) is 18.2 Å². The van der Waals surface area contributed by atoms with Gasteiger partial charge in [-0.3, -0.25) is 10.1 Å². The van der Waals surface area contributed by atoms with Gasteiger partial charge in [-0.15, -0.1) is 0 Å². The molecule has 2 aromatic heterocycles. The molecule has 2 heterocycles. The van der Waals surface area contributed by atoms with Crippen LogP contribution in [0.4, 0.5) is 10.5 Å². The molecule has 4 aromatic rings. The average molecular weight is 486 g/mol. The Morgan fingerprint density at radius 1 is 0.972 bits per heavy atom. The van der Waals surface area contributed by atoms with Crippen LogP contribution in [0.1, 0.15) is 60.7 Å². The van der Waals surface area contributed by atoms with Gasteiger partial charge in [0.1, 0.15) is 12.2 Å². The van der Waals surface area contributed by atoms with Gasteiger partial charge in [-0.1, -0.05) is 30.3 Å². The summed E-state index contributed by atoms with van der Waals surface area (Å²) in [4.78, 5) is 31.6. The summed E-state index contributed by atoms with van der Waals surface area (Å²) >= 11 is 0. The van der Waals surface area contributed by atoms with E-state index in [1.807, 2.05) is 83.2 Å². The number of amides is 1. The number of H-pyrrole nitrogens is 2. The third-order valence-electron chi connectivity index (χ3n) is 5.48. The number of hydrogen-bond donors (Lipinski definition) is 3. The van der Waals surface area contributed by atoms with Gasteiger partial charge in [0.25, 0.3) is 0 Å². The van der Waals surface area contributed by atoms with E-state index in [9.17, 15) is 9.59 Å². The highest BCUT2D eigenvalue weighted by Gasteiger charge is 2.18. The largest absolute Gasteiger partial charge is 0.494 e. The minimum absolute atomic E-state index is 0.154. The Balaban J connectivity index is 1.47. The maximum atomic E-state index is 13.2. The first-order valence-electron chi connectivity index (χ1n) is 11.8. The third kappa shape index (κ3) is 6.24. The number of rotatable bonds is 7. The highest BCUT2D eigenvalue weighted by atomic mass is 16.6. The fourth-order valence-corrected chi connectivity index (χ4v) is 3.78. The molecule has 36 heavy (non-hydrogen) atoms. The van der Waals surface area contributed by atoms with Gasteiger partial charge in [-0.25, -0.2) is 4.79 Å². The Morgan fingerprint density at radius 3 is 2.42 bits per heavy atom. The molecule has 186 valence electrons. The van der Waals surface area contributed by atoms with Crippen LogP contribution in [-0.2, 0) is 16.1 Å². The predicted octanol–water partition coefficient (Wildman–Crippen LogP) is 6.96. The number of ketones is 1. The van der Waals surface area contributed by atoms with Gasteiger partial charge < -0.3 is 19.4 Å². The quantitative estimate of drug-likeness (QED) is 0.195. The van der Waals surface area contributed by atoms with E-state index in [-0.39, 0.29) is 5.78 Å². The Hall–Kier alpha value is -4.26. The number of allylic oxidation sites excluding steroid dienone is 1. The van der Waals surface area contributed by atoms with E-state index in [4.69, 9.17) is 9.47 Å². The number of carbonyl (C=O) groups excluding carboxylic acids is 2. The number of nitrogens with one attached hydrogen (secondary N) is 3. The molecule has 0 spiro atoms. The second-order valence-electron chi connectivity index (χ2n) is 9.73. The van der Waals surface area contributed by atoms with Crippen molar-refractivity contribution >= 4 is 34.5 Å². The Morgan fingerprint density at radius 2 is 1.69 bits per heavy atom. The predicted molar refractivity (Wildman–Crippen MR) is 142 cm³/mol. The summed E-state index contributed by atoms with van der Waals surface area (Å²) in [6.45, 7) is 9.73. The lowest BCUT2D eigenvalue weighted by atomic mass is 10.1. The fourth-order valence-electron chi connectivity index (χ4n) is 3.78. The summed E-state index contributed by atoms with van der Waals surface area (Å²) in [7, 11) is 0. The van der Waals surface area contributed by atoms with Crippen LogP contribution in [0.3, 0.4) is 0 Å². The normalized spacial score (nSPS) is 12.0. The number of benzene rings is 2. The number of ether oxygens (including phenoxy) is 2. The van der Waals surface area contributed by atoms with Gasteiger partial charge in [-0.05, 0) is 82.2 Å². The van der Waals surface area contributed by atoms with E-state index in [0.717, 1.165) is 33.5 Å². The number of aryl methyl sites for hydroxylation is 1. The lowest BCUT2D eigenvalue weighted by Crippen LogP contribution is -2.27. The smallest absolute Gasteiger partial charge is 0.412 e. The molecule has 0 aliphatic heterocycles. The molecule has 0 atom stereocenters. The van der Waals surface area contributed by atoms with Crippen LogP contribution in [-0.4, -0.2) is 27.4 Å². The number of aromatic amines is 2. The molecule has 0 saturated heterocycles. The molecule has 0 saturated carbocycles. The maximum Gasteiger partial charge on any atom is 0.412 e. The van der Waals surface area contributed by atoms with Crippen molar-refractivity contribution in [2.24, 2.45) is 0 Å². The second kappa shape index (κ2) is 10.2. The molecule has 2 aromatic carbocycles. The lowest BCUT2D eigenvalue weighted by molar-refractivity contribution is 0.0635. The first kappa shape index (κ1) is 24.9. The summed E-state index contributed by atoms with van der Waals surface area (Å²) in [6.07, 6.45) is 1.39. The molecule has 0 radical (unpaired) electrons. The first-order valence-corrected chi connectivity index (χ1v) is 11.8. The molecule has 0 aliphatic rings. The van der Waals surface area contributed by atoms with Gasteiger partial charge in [0.15, 0.2) is 0 Å². The SMILES string of the molecule is C/C(=C\c1cc(C(=O)c2cc3cc(NC(=O)OC(C)(C)C)ccc3[nH]2)[nH]c1C)OCc1ccccc1. The Labute approximate surface area is 210 Å². The first-order chi connectivity index (χ1) is 17.1. The summed E-state index contributed by atoms with van der Waals surface area (Å²) < 4.78 is 11.2. The zero-order valence-electron chi connectivity index (χ0n) is 21.2. The molecule has 0 bridgehead atoms. The molecular formula is C29H31N3O4. The molecule has 0 unspecified atom stereocenters. The van der Waals surface area contributed by atoms with Gasteiger partial charge in [0, 0.05) is 22.3 Å². The molecule has 7 nitrogen and oxygen atoms in total. The van der Waals surface area contributed by atoms with Crippen LogP contribution in [0.5, 0.6) is 0 Å². The topological polar surface area (TPSA) is 96.2 Å². The average Bonchev–Trinajstić information content (AvgIpc) is 3.40. The van der Waals surface area contributed by atoms with Crippen molar-refractivity contribution in [2.75, 3.05) is 5.32 Å². The second-order valence-corrected chi connectivity index (χ2v) is 9.73. The van der Waals surface area contributed by atoms with Crippen LogP contribution >= 0.6 is 0 Å². The number of anilines is 1. The maximum absolute atomic E-state index is 13.2. The zero-order chi connectivity index (χ0) is 25.9. The van der Waals surface area contributed by atoms with Crippen molar-refractivity contribution in [3.63, 3.8) is 0 Å². The summed E-state index contributed by atoms with van der Waals surface area (Å²) in [5, 5.41) is 3.53. The summed E-state index contributed by atoms with van der Waals surface area (Å²) in [5.74, 6) is 0.606. The van der Waals surface area contributed by atoms with E-state index >= 15 is 0 Å². The van der Waals surface area contributed by atoms with Crippen molar-refractivity contribution in [2.45, 2.75) is 46.8 Å². The van der Waals surface area contributed by atoms with E-state index in [1.165, 1.54) is 0 Å². The van der Waals surface area contributed by atoms with Crippen LogP contribution in [0.2, 0.25) is 0 Å². The van der Waals surface area contributed by atoms with Crippen LogP contribution in [0, 0.1) is 6.92 Å². The van der Waals surface area contributed by atoms with E-state index < -0.39 is 11.7 Å². The summed E-state index contributed by atoms with van der Waals surface area (Å²) in [6, 6.07) is 19.0. The van der Waals surface area contributed by atoms with E-state index in [0.29, 0.717) is 23.7 Å². The zero-order valence-corrected chi connectivity index (χ0v) is 21.2. The minimum Gasteiger partial charge on any atom is -0.494 e. The fraction of sp³-hybridized carbons (Fsp3) is 0.241. The van der Waals surface area contributed by atoms with Crippen molar-refractivity contribution in [1.82, 2.24) is 9.97 Å². The van der Waals surface area contributed by atoms with Crippen molar-refractivity contribution in [1.29, 1.82) is 0 Å². The van der Waals surface area contributed by atoms with Gasteiger partial charge in [0.2, 0.25) is 5.78 Å². The molecule has 1 amide bonds. The number of fused-ring (bicyclic) bond motifs is 1. The van der Waals surface area contributed by atoms with Crippen LogP contribution < -0.4 is 5.32 Å². The number of hydrogen-bond acceptors (Lipinski definition) is 4. The minimum atomic E-state index is -0.587. The molecule has 0 aliphatic carbocycles.